The first kappa shape index (κ1) is 15.7. The summed E-state index contributed by atoms with van der Waals surface area (Å²) in [6.07, 6.45) is -0.0773. The van der Waals surface area contributed by atoms with E-state index in [0.29, 0.717) is 13.0 Å². The van der Waals surface area contributed by atoms with Gasteiger partial charge in [0.15, 0.2) is 5.60 Å². The molecule has 0 aliphatic heterocycles. The molecule has 2 atom stereocenters. The Hall–Kier alpha value is -1.34. The number of amides is 2. The molecular formula is C10H20N2O5. The average molecular weight is 248 g/mol. The van der Waals surface area contributed by atoms with Gasteiger partial charge in [-0.25, -0.2) is 9.59 Å². The number of carbonyl (C=O) groups excluding carboxylic acids is 1. The van der Waals surface area contributed by atoms with Crippen molar-refractivity contribution in [1.82, 2.24) is 10.2 Å². The topological polar surface area (TPSA) is 110 Å². The molecule has 2 amide bonds. The van der Waals surface area contributed by atoms with Crippen molar-refractivity contribution in [2.24, 2.45) is 0 Å². The molecular weight excluding hydrogens is 228 g/mol. The van der Waals surface area contributed by atoms with Crippen LogP contribution >= 0.6 is 0 Å². The predicted molar refractivity (Wildman–Crippen MR) is 60.6 cm³/mol. The minimum absolute atomic E-state index is 0.346. The highest BCUT2D eigenvalue weighted by molar-refractivity contribution is 5.79. The van der Waals surface area contributed by atoms with Gasteiger partial charge in [0.1, 0.15) is 0 Å². The molecule has 0 saturated heterocycles. The third-order valence-electron chi connectivity index (χ3n) is 2.27. The van der Waals surface area contributed by atoms with Gasteiger partial charge < -0.3 is 25.5 Å². The van der Waals surface area contributed by atoms with Gasteiger partial charge >= 0.3 is 12.0 Å². The summed E-state index contributed by atoms with van der Waals surface area (Å²) in [6.45, 7) is 2.69. The number of aliphatic carboxylic acids is 1. The van der Waals surface area contributed by atoms with Crippen LogP contribution in [-0.2, 0) is 4.79 Å². The molecule has 0 aromatic rings. The number of carboxylic acids is 1. The second kappa shape index (κ2) is 6.41. The number of carboxylic acid groups (broad SMARTS) is 1. The molecule has 7 nitrogen and oxygen atoms in total. The lowest BCUT2D eigenvalue weighted by Gasteiger charge is -2.22. The van der Waals surface area contributed by atoms with Crippen LogP contribution < -0.4 is 5.32 Å². The summed E-state index contributed by atoms with van der Waals surface area (Å²) in [5, 5.41) is 29.3. The van der Waals surface area contributed by atoms with Crippen molar-refractivity contribution in [1.29, 1.82) is 0 Å². The van der Waals surface area contributed by atoms with Crippen LogP contribution in [0, 0.1) is 0 Å². The van der Waals surface area contributed by atoms with E-state index in [1.807, 2.05) is 0 Å². The summed E-state index contributed by atoms with van der Waals surface area (Å²) in [5.41, 5.74) is -1.99. The number of carbonyl (C=O) groups is 2. The van der Waals surface area contributed by atoms with Crippen molar-refractivity contribution in [3.8, 4) is 0 Å². The van der Waals surface area contributed by atoms with Gasteiger partial charge in [0.05, 0.1) is 12.6 Å². The van der Waals surface area contributed by atoms with Gasteiger partial charge in [0.25, 0.3) is 0 Å². The average Bonchev–Trinajstić information content (AvgIpc) is 2.22. The molecule has 0 fully saturated rings. The Morgan fingerprint density at radius 2 is 2.00 bits per heavy atom. The van der Waals surface area contributed by atoms with E-state index >= 15 is 0 Å². The fourth-order valence-corrected chi connectivity index (χ4v) is 0.940. The monoisotopic (exact) mass is 248 g/mol. The van der Waals surface area contributed by atoms with Crippen LogP contribution in [0.2, 0.25) is 0 Å². The Kier molecular flexibility index (Phi) is 5.90. The lowest BCUT2D eigenvalue weighted by Crippen LogP contribution is -2.49. The number of aliphatic hydroxyl groups excluding tert-OH is 1. The van der Waals surface area contributed by atoms with Gasteiger partial charge in [-0.3, -0.25) is 0 Å². The molecule has 0 aliphatic carbocycles. The SMILES string of the molecule is CC(O)CCN(C)C(=O)NCC(C)(O)C(=O)O. The molecule has 0 aromatic heterocycles. The van der Waals surface area contributed by atoms with Gasteiger partial charge in [0.2, 0.25) is 0 Å². The van der Waals surface area contributed by atoms with Gasteiger partial charge in [-0.15, -0.1) is 0 Å². The van der Waals surface area contributed by atoms with Crippen LogP contribution in [0.4, 0.5) is 4.79 Å². The van der Waals surface area contributed by atoms with Crippen LogP contribution in [-0.4, -0.2) is 64.1 Å². The molecule has 2 unspecified atom stereocenters. The molecule has 17 heavy (non-hydrogen) atoms. The van der Waals surface area contributed by atoms with Crippen LogP contribution in [0.1, 0.15) is 20.3 Å². The molecule has 100 valence electrons. The Balaban J connectivity index is 4.05. The first-order valence-corrected chi connectivity index (χ1v) is 5.29. The van der Waals surface area contributed by atoms with E-state index in [0.717, 1.165) is 6.92 Å². The number of hydrogen-bond acceptors (Lipinski definition) is 4. The summed E-state index contributed by atoms with van der Waals surface area (Å²) in [7, 11) is 1.52. The highest BCUT2D eigenvalue weighted by Gasteiger charge is 2.30. The minimum atomic E-state index is -1.99. The summed E-state index contributed by atoms with van der Waals surface area (Å²) in [6, 6.07) is -0.493. The number of aliphatic hydroxyl groups is 2. The third-order valence-corrected chi connectivity index (χ3v) is 2.27. The highest BCUT2D eigenvalue weighted by atomic mass is 16.4. The Morgan fingerprint density at radius 1 is 1.47 bits per heavy atom. The van der Waals surface area contributed by atoms with Gasteiger partial charge in [-0.1, -0.05) is 0 Å². The molecule has 0 spiro atoms. The molecule has 0 radical (unpaired) electrons. The minimum Gasteiger partial charge on any atom is -0.479 e. The second-order valence-electron chi connectivity index (χ2n) is 4.30. The van der Waals surface area contributed by atoms with Gasteiger partial charge in [0, 0.05) is 13.6 Å². The van der Waals surface area contributed by atoms with Crippen molar-refractivity contribution in [3.05, 3.63) is 0 Å². The lowest BCUT2D eigenvalue weighted by molar-refractivity contribution is -0.155. The fourth-order valence-electron chi connectivity index (χ4n) is 0.940. The van der Waals surface area contributed by atoms with Crippen molar-refractivity contribution in [2.45, 2.75) is 32.0 Å². The van der Waals surface area contributed by atoms with Crippen LogP contribution in [0.25, 0.3) is 0 Å². The Morgan fingerprint density at radius 3 is 2.41 bits per heavy atom. The third kappa shape index (κ3) is 6.08. The molecule has 0 saturated carbocycles. The van der Waals surface area contributed by atoms with E-state index in [1.54, 1.807) is 6.92 Å². The molecule has 4 N–H and O–H groups in total. The van der Waals surface area contributed by atoms with E-state index in [1.165, 1.54) is 11.9 Å². The Labute approximate surface area is 100 Å². The van der Waals surface area contributed by atoms with E-state index in [-0.39, 0.29) is 6.54 Å². The molecule has 0 bridgehead atoms. The maximum Gasteiger partial charge on any atom is 0.337 e. The van der Waals surface area contributed by atoms with E-state index in [4.69, 9.17) is 10.2 Å². The normalized spacial score (nSPS) is 15.8. The lowest BCUT2D eigenvalue weighted by atomic mass is 10.1. The summed E-state index contributed by atoms with van der Waals surface area (Å²) in [4.78, 5) is 23.3. The zero-order valence-electron chi connectivity index (χ0n) is 10.3. The van der Waals surface area contributed by atoms with Crippen molar-refractivity contribution < 1.29 is 24.9 Å². The first-order valence-electron chi connectivity index (χ1n) is 5.29. The van der Waals surface area contributed by atoms with Crippen LogP contribution in [0.5, 0.6) is 0 Å². The van der Waals surface area contributed by atoms with Crippen LogP contribution in [0.3, 0.4) is 0 Å². The first-order chi connectivity index (χ1) is 7.66. The standard InChI is InChI=1S/C10H20N2O5/c1-7(13)4-5-12(3)9(16)11-6-10(2,17)8(14)15/h7,13,17H,4-6H2,1-3H3,(H,11,16)(H,14,15). The van der Waals surface area contributed by atoms with E-state index in [9.17, 15) is 14.7 Å². The highest BCUT2D eigenvalue weighted by Crippen LogP contribution is 2.01. The molecule has 0 aliphatic rings. The number of hydrogen-bond donors (Lipinski definition) is 4. The van der Waals surface area contributed by atoms with Crippen LogP contribution in [0.15, 0.2) is 0 Å². The summed E-state index contributed by atoms with van der Waals surface area (Å²) < 4.78 is 0. The smallest absolute Gasteiger partial charge is 0.337 e. The Bertz CT molecular complexity index is 278. The zero-order chi connectivity index (χ0) is 13.6. The number of urea groups is 1. The van der Waals surface area contributed by atoms with E-state index in [2.05, 4.69) is 5.32 Å². The second-order valence-corrected chi connectivity index (χ2v) is 4.30. The number of rotatable bonds is 6. The molecule has 0 rings (SSSR count). The maximum atomic E-state index is 11.5. The van der Waals surface area contributed by atoms with Crippen molar-refractivity contribution in [3.63, 3.8) is 0 Å². The van der Waals surface area contributed by atoms with Crippen molar-refractivity contribution >= 4 is 12.0 Å². The predicted octanol–water partition coefficient (Wildman–Crippen LogP) is -0.766. The number of nitrogens with zero attached hydrogens (tertiary/aromatic N) is 1. The molecule has 0 aromatic carbocycles. The maximum absolute atomic E-state index is 11.5. The summed E-state index contributed by atoms with van der Waals surface area (Å²) in [5.74, 6) is -1.40. The number of nitrogens with one attached hydrogen (secondary N) is 1. The zero-order valence-corrected chi connectivity index (χ0v) is 10.3. The van der Waals surface area contributed by atoms with Gasteiger partial charge in [-0.2, -0.15) is 0 Å². The quantitative estimate of drug-likeness (QED) is 0.493. The molecule has 0 heterocycles. The van der Waals surface area contributed by atoms with E-state index < -0.39 is 23.7 Å². The fraction of sp³-hybridized carbons (Fsp3) is 0.800. The largest absolute Gasteiger partial charge is 0.479 e. The molecule has 7 heteroatoms. The van der Waals surface area contributed by atoms with Gasteiger partial charge in [-0.05, 0) is 20.3 Å². The van der Waals surface area contributed by atoms with Crippen molar-refractivity contribution in [2.75, 3.05) is 20.1 Å². The summed E-state index contributed by atoms with van der Waals surface area (Å²) >= 11 is 0.